The summed E-state index contributed by atoms with van der Waals surface area (Å²) in [5.41, 5.74) is 0.864. The van der Waals surface area contributed by atoms with Crippen LogP contribution in [-0.2, 0) is 6.54 Å². The lowest BCUT2D eigenvalue weighted by Gasteiger charge is -2.10. The number of hydrogen-bond acceptors (Lipinski definition) is 4. The lowest BCUT2D eigenvalue weighted by molar-refractivity contribution is 0.0923. The standard InChI is InChI=1S/C14H15NO4/c1-17-11-6-5-10(13(8-11)18-2)9-15-14(16)12-4-3-7-19-12/h3-8H,9H2,1-2H3,(H,15,16). The molecule has 0 aliphatic carbocycles. The fourth-order valence-electron chi connectivity index (χ4n) is 1.67. The van der Waals surface area contributed by atoms with Gasteiger partial charge >= 0.3 is 0 Å². The number of carbonyl (C=O) groups excluding carboxylic acids is 1. The van der Waals surface area contributed by atoms with Crippen LogP contribution in [0.15, 0.2) is 41.0 Å². The van der Waals surface area contributed by atoms with Crippen LogP contribution >= 0.6 is 0 Å². The van der Waals surface area contributed by atoms with E-state index < -0.39 is 0 Å². The van der Waals surface area contributed by atoms with Crippen LogP contribution in [0, 0.1) is 0 Å². The summed E-state index contributed by atoms with van der Waals surface area (Å²) in [6.07, 6.45) is 1.46. The van der Waals surface area contributed by atoms with Crippen LogP contribution in [0.2, 0.25) is 0 Å². The number of methoxy groups -OCH3 is 2. The van der Waals surface area contributed by atoms with Gasteiger partial charge in [-0.05, 0) is 24.3 Å². The molecule has 2 aromatic rings. The molecule has 1 aromatic carbocycles. The van der Waals surface area contributed by atoms with Gasteiger partial charge in [-0.25, -0.2) is 0 Å². The third-order valence-corrected chi connectivity index (χ3v) is 2.68. The molecule has 0 bridgehead atoms. The Morgan fingerprint density at radius 2 is 2.11 bits per heavy atom. The van der Waals surface area contributed by atoms with Crippen molar-refractivity contribution in [1.82, 2.24) is 5.32 Å². The first kappa shape index (κ1) is 13.0. The minimum Gasteiger partial charge on any atom is -0.497 e. The second kappa shape index (κ2) is 5.95. The minimum absolute atomic E-state index is 0.261. The smallest absolute Gasteiger partial charge is 0.287 e. The molecule has 1 amide bonds. The van der Waals surface area contributed by atoms with E-state index in [9.17, 15) is 4.79 Å². The van der Waals surface area contributed by atoms with Crippen LogP contribution in [0.5, 0.6) is 11.5 Å². The molecule has 1 N–H and O–H groups in total. The second-order valence-corrected chi connectivity index (χ2v) is 3.84. The van der Waals surface area contributed by atoms with Crippen molar-refractivity contribution < 1.29 is 18.7 Å². The average Bonchev–Trinajstić information content (AvgIpc) is 2.98. The van der Waals surface area contributed by atoms with Gasteiger partial charge in [-0.2, -0.15) is 0 Å². The molecule has 0 fully saturated rings. The van der Waals surface area contributed by atoms with Gasteiger partial charge in [0, 0.05) is 18.2 Å². The van der Waals surface area contributed by atoms with E-state index in [2.05, 4.69) is 5.32 Å². The van der Waals surface area contributed by atoms with Gasteiger partial charge in [0.1, 0.15) is 11.5 Å². The molecule has 0 spiro atoms. The lowest BCUT2D eigenvalue weighted by Crippen LogP contribution is -2.22. The summed E-state index contributed by atoms with van der Waals surface area (Å²) in [5.74, 6) is 1.40. The molecular weight excluding hydrogens is 246 g/mol. The number of amides is 1. The topological polar surface area (TPSA) is 60.7 Å². The largest absolute Gasteiger partial charge is 0.497 e. The highest BCUT2D eigenvalue weighted by molar-refractivity contribution is 5.91. The Morgan fingerprint density at radius 3 is 2.74 bits per heavy atom. The first-order valence-corrected chi connectivity index (χ1v) is 5.77. The summed E-state index contributed by atoms with van der Waals surface area (Å²) in [4.78, 5) is 11.7. The van der Waals surface area contributed by atoms with Gasteiger partial charge in [-0.15, -0.1) is 0 Å². The molecule has 0 saturated carbocycles. The Balaban J connectivity index is 2.05. The Labute approximate surface area is 111 Å². The SMILES string of the molecule is COc1ccc(CNC(=O)c2ccco2)c(OC)c1. The number of ether oxygens (including phenoxy) is 2. The number of carbonyl (C=O) groups is 1. The maximum atomic E-state index is 11.7. The molecule has 1 heterocycles. The molecule has 5 heteroatoms. The van der Waals surface area contributed by atoms with Crippen LogP contribution in [0.25, 0.3) is 0 Å². The third-order valence-electron chi connectivity index (χ3n) is 2.68. The molecule has 2 rings (SSSR count). The number of nitrogens with one attached hydrogen (secondary N) is 1. The summed E-state index contributed by atoms with van der Waals surface area (Å²) in [7, 11) is 3.17. The van der Waals surface area contributed by atoms with Crippen molar-refractivity contribution in [3.8, 4) is 11.5 Å². The number of benzene rings is 1. The van der Waals surface area contributed by atoms with Gasteiger partial charge in [-0.1, -0.05) is 0 Å². The molecule has 0 radical (unpaired) electrons. The van der Waals surface area contributed by atoms with E-state index in [4.69, 9.17) is 13.9 Å². The summed E-state index contributed by atoms with van der Waals surface area (Å²) in [5, 5.41) is 2.76. The fourth-order valence-corrected chi connectivity index (χ4v) is 1.67. The maximum Gasteiger partial charge on any atom is 0.287 e. The normalized spacial score (nSPS) is 10.0. The summed E-state index contributed by atoms with van der Waals surface area (Å²) < 4.78 is 15.4. The number of rotatable bonds is 5. The van der Waals surface area contributed by atoms with E-state index in [1.54, 1.807) is 32.4 Å². The van der Waals surface area contributed by atoms with Gasteiger partial charge in [0.2, 0.25) is 0 Å². The van der Waals surface area contributed by atoms with E-state index in [1.165, 1.54) is 6.26 Å². The van der Waals surface area contributed by atoms with Crippen molar-refractivity contribution in [2.75, 3.05) is 14.2 Å². The molecule has 0 aliphatic heterocycles. The van der Waals surface area contributed by atoms with Crippen LogP contribution in [0.4, 0.5) is 0 Å². The highest BCUT2D eigenvalue weighted by Crippen LogP contribution is 2.24. The molecule has 0 unspecified atom stereocenters. The Morgan fingerprint density at radius 1 is 1.26 bits per heavy atom. The average molecular weight is 261 g/mol. The molecule has 100 valence electrons. The maximum absolute atomic E-state index is 11.7. The molecule has 5 nitrogen and oxygen atoms in total. The first-order valence-electron chi connectivity index (χ1n) is 5.77. The lowest BCUT2D eigenvalue weighted by atomic mass is 10.2. The van der Waals surface area contributed by atoms with Gasteiger partial charge in [0.25, 0.3) is 5.91 Å². The number of furan rings is 1. The Kier molecular flexibility index (Phi) is 4.07. The van der Waals surface area contributed by atoms with Crippen LogP contribution in [-0.4, -0.2) is 20.1 Å². The van der Waals surface area contributed by atoms with Crippen molar-refractivity contribution >= 4 is 5.91 Å². The monoisotopic (exact) mass is 261 g/mol. The highest BCUT2D eigenvalue weighted by atomic mass is 16.5. The van der Waals surface area contributed by atoms with Crippen molar-refractivity contribution in [1.29, 1.82) is 0 Å². The zero-order valence-corrected chi connectivity index (χ0v) is 10.8. The van der Waals surface area contributed by atoms with Gasteiger partial charge in [0.05, 0.1) is 20.5 Å². The first-order chi connectivity index (χ1) is 9.24. The van der Waals surface area contributed by atoms with Crippen molar-refractivity contribution in [3.05, 3.63) is 47.9 Å². The van der Waals surface area contributed by atoms with E-state index in [0.717, 1.165) is 5.56 Å². The van der Waals surface area contributed by atoms with Gasteiger partial charge < -0.3 is 19.2 Å². The minimum atomic E-state index is -0.261. The fraction of sp³-hybridized carbons (Fsp3) is 0.214. The Hall–Kier alpha value is -2.43. The predicted molar refractivity (Wildman–Crippen MR) is 69.4 cm³/mol. The van der Waals surface area contributed by atoms with Gasteiger partial charge in [0.15, 0.2) is 5.76 Å². The van der Waals surface area contributed by atoms with E-state index >= 15 is 0 Å². The molecule has 0 aliphatic rings. The van der Waals surface area contributed by atoms with Gasteiger partial charge in [-0.3, -0.25) is 4.79 Å². The predicted octanol–water partition coefficient (Wildman–Crippen LogP) is 2.23. The second-order valence-electron chi connectivity index (χ2n) is 3.84. The zero-order chi connectivity index (χ0) is 13.7. The van der Waals surface area contributed by atoms with Crippen molar-refractivity contribution in [3.63, 3.8) is 0 Å². The van der Waals surface area contributed by atoms with Crippen molar-refractivity contribution in [2.24, 2.45) is 0 Å². The summed E-state index contributed by atoms with van der Waals surface area (Å²) in [6.45, 7) is 0.354. The van der Waals surface area contributed by atoms with Crippen LogP contribution in [0.1, 0.15) is 16.1 Å². The number of hydrogen-bond donors (Lipinski definition) is 1. The Bertz CT molecular complexity index is 549. The third kappa shape index (κ3) is 3.07. The van der Waals surface area contributed by atoms with E-state index in [1.807, 2.05) is 12.1 Å². The molecule has 0 saturated heterocycles. The van der Waals surface area contributed by atoms with Crippen LogP contribution in [0.3, 0.4) is 0 Å². The van der Waals surface area contributed by atoms with Crippen molar-refractivity contribution in [2.45, 2.75) is 6.54 Å². The van der Waals surface area contributed by atoms with Crippen LogP contribution < -0.4 is 14.8 Å². The quantitative estimate of drug-likeness (QED) is 0.896. The molecule has 0 atom stereocenters. The molecule has 19 heavy (non-hydrogen) atoms. The summed E-state index contributed by atoms with van der Waals surface area (Å²) >= 11 is 0. The molecular formula is C14H15NO4. The molecule has 1 aromatic heterocycles. The van der Waals surface area contributed by atoms with E-state index in [-0.39, 0.29) is 11.7 Å². The zero-order valence-electron chi connectivity index (χ0n) is 10.8. The summed E-state index contributed by atoms with van der Waals surface area (Å²) in [6, 6.07) is 8.72. The van der Waals surface area contributed by atoms with E-state index in [0.29, 0.717) is 18.0 Å². The highest BCUT2D eigenvalue weighted by Gasteiger charge is 2.10.